The molecule has 0 unspecified atom stereocenters. The molecule has 30 heavy (non-hydrogen) atoms. The minimum absolute atomic E-state index is 0.00575. The molecule has 0 saturated heterocycles. The molecule has 0 aliphatic rings. The van der Waals surface area contributed by atoms with Crippen molar-refractivity contribution in [2.75, 3.05) is 33.0 Å². The molecule has 0 N–H and O–H groups in total. The molecule has 0 radical (unpaired) electrons. The molecule has 0 bridgehead atoms. The van der Waals surface area contributed by atoms with Gasteiger partial charge in [-0.2, -0.15) is 0 Å². The number of rotatable bonds is 17. The van der Waals surface area contributed by atoms with Crippen molar-refractivity contribution in [1.82, 2.24) is 0 Å². The van der Waals surface area contributed by atoms with E-state index in [1.165, 1.54) is 0 Å². The maximum Gasteiger partial charge on any atom is 0.345 e. The monoisotopic (exact) mass is 452 g/mol. The van der Waals surface area contributed by atoms with Gasteiger partial charge in [0.05, 0.1) is 45.4 Å². The first-order chi connectivity index (χ1) is 14.3. The van der Waals surface area contributed by atoms with Crippen LogP contribution in [0.25, 0.3) is 0 Å². The van der Waals surface area contributed by atoms with Crippen LogP contribution in [0.1, 0.15) is 66.7 Å². The smallest absolute Gasteiger partial charge is 0.345 e. The van der Waals surface area contributed by atoms with Crippen molar-refractivity contribution >= 4 is 25.5 Å². The van der Waals surface area contributed by atoms with Crippen LogP contribution >= 0.6 is 7.60 Å². The molecule has 0 aromatic heterocycles. The van der Waals surface area contributed by atoms with Gasteiger partial charge in [-0.3, -0.25) is 18.9 Å². The van der Waals surface area contributed by atoms with Crippen molar-refractivity contribution in [3.05, 3.63) is 0 Å². The molecule has 0 amide bonds. The summed E-state index contributed by atoms with van der Waals surface area (Å²) in [6.07, 6.45) is 2.19. The summed E-state index contributed by atoms with van der Waals surface area (Å²) in [6.45, 7) is 8.90. The lowest BCUT2D eigenvalue weighted by Crippen LogP contribution is -2.40. The quantitative estimate of drug-likeness (QED) is 0.140. The van der Waals surface area contributed by atoms with Gasteiger partial charge in [-0.1, -0.05) is 26.7 Å². The van der Waals surface area contributed by atoms with Crippen LogP contribution in [-0.2, 0) is 42.2 Å². The van der Waals surface area contributed by atoms with Gasteiger partial charge in [-0.25, -0.2) is 0 Å². The Morgan fingerprint density at radius 1 is 0.733 bits per heavy atom. The van der Waals surface area contributed by atoms with Crippen LogP contribution in [0.3, 0.4) is 0 Å². The van der Waals surface area contributed by atoms with Crippen LogP contribution < -0.4 is 0 Å². The highest BCUT2D eigenvalue weighted by Gasteiger charge is 2.52. The van der Waals surface area contributed by atoms with Gasteiger partial charge < -0.3 is 23.3 Å². The first-order valence-electron chi connectivity index (χ1n) is 10.7. The third kappa shape index (κ3) is 10.0. The van der Waals surface area contributed by atoms with E-state index in [0.29, 0.717) is 12.8 Å². The summed E-state index contributed by atoms with van der Waals surface area (Å²) in [7, 11) is -4.17. The van der Waals surface area contributed by atoms with Crippen LogP contribution in [0.2, 0.25) is 0 Å². The molecular weight excluding hydrogens is 415 g/mol. The summed E-state index contributed by atoms with van der Waals surface area (Å²) in [4.78, 5) is 37.6. The highest BCUT2D eigenvalue weighted by Crippen LogP contribution is 2.57. The third-order valence-corrected chi connectivity index (χ3v) is 6.41. The lowest BCUT2D eigenvalue weighted by Gasteiger charge is -2.30. The van der Waals surface area contributed by atoms with Gasteiger partial charge in [0.25, 0.3) is 0 Å². The fraction of sp³-hybridized carbons (Fsp3) is 0.850. The number of hydrogen-bond acceptors (Lipinski definition) is 9. The van der Waals surface area contributed by atoms with Crippen molar-refractivity contribution in [1.29, 1.82) is 0 Å². The molecule has 0 rings (SSSR count). The zero-order chi connectivity index (χ0) is 23.0. The molecule has 0 aliphatic heterocycles. The lowest BCUT2D eigenvalue weighted by atomic mass is 10.0. The summed E-state index contributed by atoms with van der Waals surface area (Å²) in [5.41, 5.74) is -1.63. The fourth-order valence-electron chi connectivity index (χ4n) is 2.58. The molecule has 2 atom stereocenters. The minimum atomic E-state index is -4.17. The number of esters is 3. The van der Waals surface area contributed by atoms with Crippen molar-refractivity contribution in [3.8, 4) is 0 Å². The van der Waals surface area contributed by atoms with Crippen LogP contribution in [0.15, 0.2) is 0 Å². The number of carbonyl (C=O) groups is 3. The number of carbonyl (C=O) groups excluding carboxylic acids is 3. The Morgan fingerprint density at radius 3 is 1.63 bits per heavy atom. The fourth-order valence-corrected chi connectivity index (χ4v) is 4.75. The Hall–Kier alpha value is -1.44. The van der Waals surface area contributed by atoms with Gasteiger partial charge in [0.2, 0.25) is 0 Å². The van der Waals surface area contributed by atoms with Crippen molar-refractivity contribution in [2.24, 2.45) is 5.92 Å². The minimum Gasteiger partial charge on any atom is -0.466 e. The largest absolute Gasteiger partial charge is 0.466 e. The van der Waals surface area contributed by atoms with Crippen molar-refractivity contribution in [3.63, 3.8) is 0 Å². The van der Waals surface area contributed by atoms with Gasteiger partial charge >= 0.3 is 25.5 Å². The van der Waals surface area contributed by atoms with Crippen LogP contribution in [0, 0.1) is 5.92 Å². The summed E-state index contributed by atoms with van der Waals surface area (Å²) in [6, 6.07) is 0. The van der Waals surface area contributed by atoms with Crippen molar-refractivity contribution in [2.45, 2.75) is 72.4 Å². The molecule has 0 saturated carbocycles. The second kappa shape index (κ2) is 16.3. The summed E-state index contributed by atoms with van der Waals surface area (Å²) in [5.74, 6) is -3.94. The summed E-state index contributed by atoms with van der Waals surface area (Å²) in [5, 5.41) is 0. The standard InChI is InChI=1S/C20H37O9P/c1-6-11-13-28-30(24,29-14-12-7-2)18(20(23)27-10-5)16(19(22)26-9-4)15-17(21)25-8-3/h16,18H,6-15H2,1-5H3/t16-,18+/m1/s1. The van der Waals surface area contributed by atoms with Crippen LogP contribution in [-0.4, -0.2) is 56.6 Å². The van der Waals surface area contributed by atoms with E-state index in [9.17, 15) is 18.9 Å². The topological polar surface area (TPSA) is 114 Å². The Morgan fingerprint density at radius 2 is 1.20 bits per heavy atom. The average molecular weight is 452 g/mol. The SMILES string of the molecule is CCCCOP(=O)(OCCCC)[C@H](C(=O)OCC)[C@@H](CC(=O)OCC)C(=O)OCC. The van der Waals surface area contributed by atoms with Crippen LogP contribution in [0.4, 0.5) is 0 Å². The molecule has 0 aromatic rings. The predicted molar refractivity (Wildman–Crippen MR) is 111 cm³/mol. The Kier molecular flexibility index (Phi) is 15.5. The molecule has 0 fully saturated rings. The predicted octanol–water partition coefficient (Wildman–Crippen LogP) is 3.88. The highest BCUT2D eigenvalue weighted by atomic mass is 31.2. The second-order valence-electron chi connectivity index (χ2n) is 6.48. The molecule has 9 nitrogen and oxygen atoms in total. The molecule has 0 spiro atoms. The lowest BCUT2D eigenvalue weighted by molar-refractivity contribution is -0.159. The summed E-state index contributed by atoms with van der Waals surface area (Å²) >= 11 is 0. The van der Waals surface area contributed by atoms with Crippen molar-refractivity contribution < 1.29 is 42.2 Å². The zero-order valence-electron chi connectivity index (χ0n) is 18.8. The Balaban J connectivity index is 6.14. The number of unbranched alkanes of at least 4 members (excludes halogenated alkanes) is 2. The van der Waals surface area contributed by atoms with E-state index in [4.69, 9.17) is 23.3 Å². The number of ether oxygens (including phenoxy) is 3. The van der Waals surface area contributed by atoms with Gasteiger partial charge in [-0.15, -0.1) is 0 Å². The molecule has 0 heterocycles. The normalized spacial score (nSPS) is 13.4. The maximum atomic E-state index is 13.8. The van der Waals surface area contributed by atoms with Gasteiger partial charge in [-0.05, 0) is 33.6 Å². The first kappa shape index (κ1) is 28.6. The van der Waals surface area contributed by atoms with Crippen LogP contribution in [0.5, 0.6) is 0 Å². The Labute approximate surface area is 179 Å². The van der Waals surface area contributed by atoms with Gasteiger partial charge in [0.15, 0.2) is 5.66 Å². The molecule has 0 aromatic carbocycles. The molecule has 0 aliphatic carbocycles. The zero-order valence-corrected chi connectivity index (χ0v) is 19.7. The molecular formula is C20H37O9P. The van der Waals surface area contributed by atoms with E-state index in [1.807, 2.05) is 13.8 Å². The first-order valence-corrected chi connectivity index (χ1v) is 12.3. The van der Waals surface area contributed by atoms with Gasteiger partial charge in [0, 0.05) is 0 Å². The molecule has 10 heteroatoms. The Bertz CT molecular complexity index is 550. The van der Waals surface area contributed by atoms with Gasteiger partial charge in [0.1, 0.15) is 0 Å². The van der Waals surface area contributed by atoms with E-state index in [2.05, 4.69) is 0 Å². The second-order valence-corrected chi connectivity index (χ2v) is 8.63. The third-order valence-electron chi connectivity index (χ3n) is 4.07. The summed E-state index contributed by atoms with van der Waals surface area (Å²) < 4.78 is 40.0. The number of hydrogen-bond donors (Lipinski definition) is 0. The highest BCUT2D eigenvalue weighted by molar-refractivity contribution is 7.55. The van der Waals surface area contributed by atoms with E-state index in [0.717, 1.165) is 12.8 Å². The van der Waals surface area contributed by atoms with E-state index in [1.54, 1.807) is 20.8 Å². The van der Waals surface area contributed by atoms with E-state index < -0.39 is 43.5 Å². The maximum absolute atomic E-state index is 13.8. The van der Waals surface area contributed by atoms with E-state index >= 15 is 0 Å². The molecule has 176 valence electrons. The average Bonchev–Trinajstić information content (AvgIpc) is 2.68. The van der Waals surface area contributed by atoms with E-state index in [-0.39, 0.29) is 33.0 Å².